The first-order valence-corrected chi connectivity index (χ1v) is 19.4. The lowest BCUT2D eigenvalue weighted by Crippen LogP contribution is -2.57. The van der Waals surface area contributed by atoms with E-state index >= 15 is 0 Å². The summed E-state index contributed by atoms with van der Waals surface area (Å²) < 4.78 is 12.9. The second-order valence-electron chi connectivity index (χ2n) is 14.8. The van der Waals surface area contributed by atoms with Gasteiger partial charge >= 0.3 is 0 Å². The Morgan fingerprint density at radius 2 is 1.80 bits per heavy atom. The molecule has 54 heavy (non-hydrogen) atoms. The molecule has 1 aromatic heterocycles. The lowest BCUT2D eigenvalue weighted by atomic mass is 9.84. The van der Waals surface area contributed by atoms with E-state index in [9.17, 15) is 0 Å². The van der Waals surface area contributed by atoms with Crippen LogP contribution in [0.3, 0.4) is 0 Å². The Labute approximate surface area is 322 Å². The summed E-state index contributed by atoms with van der Waals surface area (Å²) in [5.74, 6) is 3.83. The number of pyridine rings is 1. The van der Waals surface area contributed by atoms with Crippen molar-refractivity contribution in [1.82, 2.24) is 21.0 Å². The van der Waals surface area contributed by atoms with Crippen LogP contribution in [0.4, 0.5) is 17.2 Å². The van der Waals surface area contributed by atoms with Crippen LogP contribution in [-0.2, 0) is 13.0 Å². The molecule has 2 spiro atoms. The van der Waals surface area contributed by atoms with Crippen molar-refractivity contribution in [2.75, 3.05) is 48.8 Å². The van der Waals surface area contributed by atoms with Gasteiger partial charge in [-0.2, -0.15) is 0 Å². The van der Waals surface area contributed by atoms with Crippen molar-refractivity contribution in [2.24, 2.45) is 15.0 Å². The average molecular weight is 749 g/mol. The normalized spacial score (nSPS) is 21.7. The van der Waals surface area contributed by atoms with Gasteiger partial charge in [-0.3, -0.25) is 20.8 Å². The van der Waals surface area contributed by atoms with Gasteiger partial charge in [-0.05, 0) is 107 Å². The molecular weight excluding hydrogens is 700 g/mol. The number of piperidine rings is 2. The van der Waals surface area contributed by atoms with Gasteiger partial charge in [0.2, 0.25) is 0 Å². The van der Waals surface area contributed by atoms with E-state index in [0.717, 1.165) is 110 Å². The molecule has 2 saturated heterocycles. The number of hydrogen-bond donors (Lipinski definition) is 6. The number of nitrogens with one attached hydrogen (secondary N) is 6. The smallest absolute Gasteiger partial charge is 0.164 e. The lowest BCUT2D eigenvalue weighted by Gasteiger charge is -2.44. The third-order valence-corrected chi connectivity index (χ3v) is 11.0. The van der Waals surface area contributed by atoms with E-state index in [-0.39, 0.29) is 11.6 Å². The summed E-state index contributed by atoms with van der Waals surface area (Å²) >= 11 is 6.26. The predicted octanol–water partition coefficient (Wildman–Crippen LogP) is 6.36. The van der Waals surface area contributed by atoms with Crippen LogP contribution < -0.4 is 41.6 Å². The first-order chi connectivity index (χ1) is 26.3. The van der Waals surface area contributed by atoms with E-state index in [1.807, 2.05) is 36.4 Å². The number of benzene rings is 2. The van der Waals surface area contributed by atoms with E-state index in [0.29, 0.717) is 47.6 Å². The molecule has 2 fully saturated rings. The number of fused-ring (bicyclic) bond motifs is 2. The molecule has 0 aliphatic carbocycles. The van der Waals surface area contributed by atoms with Crippen molar-refractivity contribution < 1.29 is 9.47 Å². The number of hydrazine groups is 1. The van der Waals surface area contributed by atoms with E-state index < -0.39 is 5.54 Å². The number of rotatable bonds is 9. The molecule has 5 aliphatic heterocycles. The summed E-state index contributed by atoms with van der Waals surface area (Å²) in [7, 11) is 0. The Bertz CT molecular complexity index is 2010. The Morgan fingerprint density at radius 1 is 1.00 bits per heavy atom. The largest absolute Gasteiger partial charge is 0.486 e. The van der Waals surface area contributed by atoms with Crippen LogP contribution in [0.5, 0.6) is 11.5 Å². The zero-order chi connectivity index (χ0) is 37.1. The molecular formula is C41H49ClN10O2. The summed E-state index contributed by atoms with van der Waals surface area (Å²) in [6, 6.07) is 16.1. The number of halogens is 1. The van der Waals surface area contributed by atoms with Crippen molar-refractivity contribution >= 4 is 46.2 Å². The number of hydrogen-bond acceptors (Lipinski definition) is 11. The van der Waals surface area contributed by atoms with Gasteiger partial charge in [-0.15, -0.1) is 6.58 Å². The van der Waals surface area contributed by atoms with E-state index in [1.54, 1.807) is 0 Å². The predicted molar refractivity (Wildman–Crippen MR) is 219 cm³/mol. The number of aromatic nitrogens is 1. The van der Waals surface area contributed by atoms with Crippen molar-refractivity contribution in [3.63, 3.8) is 0 Å². The highest BCUT2D eigenvalue weighted by molar-refractivity contribution is 6.30. The Hall–Kier alpha value is -4.91. The molecule has 0 bridgehead atoms. The number of aliphatic imine (C=N–C) groups is 3. The molecule has 1 unspecified atom stereocenters. The third kappa shape index (κ3) is 7.69. The molecule has 5 aliphatic rings. The van der Waals surface area contributed by atoms with Crippen molar-refractivity contribution in [3.05, 3.63) is 95.3 Å². The fourth-order valence-corrected chi connectivity index (χ4v) is 8.17. The average Bonchev–Trinajstić information content (AvgIpc) is 3.16. The first-order valence-electron chi connectivity index (χ1n) is 19.0. The van der Waals surface area contributed by atoms with Crippen LogP contribution in [-0.4, -0.2) is 72.3 Å². The number of anilines is 3. The van der Waals surface area contributed by atoms with Gasteiger partial charge < -0.3 is 30.7 Å². The van der Waals surface area contributed by atoms with Gasteiger partial charge in [-0.25, -0.2) is 9.98 Å². The fourth-order valence-electron chi connectivity index (χ4n) is 7.96. The van der Waals surface area contributed by atoms with E-state index in [1.165, 1.54) is 0 Å². The van der Waals surface area contributed by atoms with Crippen molar-refractivity contribution in [3.8, 4) is 11.5 Å². The maximum atomic E-state index is 6.60. The zero-order valence-electron chi connectivity index (χ0n) is 30.9. The molecule has 0 amide bonds. The highest BCUT2D eigenvalue weighted by atomic mass is 35.5. The molecule has 12 nitrogen and oxygen atoms in total. The Balaban J connectivity index is 0.957. The molecule has 13 heteroatoms. The maximum absolute atomic E-state index is 6.60. The molecule has 1 atom stereocenters. The van der Waals surface area contributed by atoms with Gasteiger partial charge in [0.25, 0.3) is 0 Å². The standard InChI is InChI=1S/C41H49ClN10O2/c1-4-5-9-32-27(3)46-39(41(49-32)12-16-44-17-13-41)52-51-37-19-26(2)18-30(47-37)21-31-25-53-35-22-33-34(23-36(35)54-31)50-40(10-14-43-15-11-40)38(48-33)45-24-28-7-6-8-29(42)20-28/h4,6-8,18-20,22-23,31,43-44,50H,1,3,5,9-17,21,24-25H2,2H3,(H,45,48)(H,46,52)(H,47,51). The summed E-state index contributed by atoms with van der Waals surface area (Å²) in [6.07, 6.45) is 7.43. The van der Waals surface area contributed by atoms with Gasteiger partial charge in [-0.1, -0.05) is 36.4 Å². The highest BCUT2D eigenvalue weighted by Crippen LogP contribution is 2.44. The van der Waals surface area contributed by atoms with Crippen molar-refractivity contribution in [2.45, 2.75) is 75.6 Å². The summed E-state index contributed by atoms with van der Waals surface area (Å²) in [4.78, 5) is 20.2. The van der Waals surface area contributed by atoms with Crippen LogP contribution in [0.1, 0.15) is 55.3 Å². The minimum Gasteiger partial charge on any atom is -0.486 e. The topological polar surface area (TPSA) is 141 Å². The van der Waals surface area contributed by atoms with E-state index in [4.69, 9.17) is 41.0 Å². The van der Waals surface area contributed by atoms with Gasteiger partial charge in [0.1, 0.15) is 35.7 Å². The Kier molecular flexibility index (Phi) is 10.3. The van der Waals surface area contributed by atoms with Gasteiger partial charge in [0, 0.05) is 29.3 Å². The third-order valence-electron chi connectivity index (χ3n) is 10.8. The van der Waals surface area contributed by atoms with Crippen LogP contribution in [0.2, 0.25) is 5.02 Å². The minimum atomic E-state index is -0.425. The summed E-state index contributed by atoms with van der Waals surface area (Å²) in [5, 5.41) is 15.2. The second-order valence-corrected chi connectivity index (χ2v) is 15.3. The summed E-state index contributed by atoms with van der Waals surface area (Å²) in [6.45, 7) is 14.6. The number of nitrogens with zero attached hydrogens (tertiary/aromatic N) is 4. The molecule has 8 rings (SSSR count). The molecule has 2 aromatic carbocycles. The SMILES string of the molecule is C=CCCC1=NC2(CCNCC2)C(NNc2cc(C)cc(CC3COc4cc5c(cc4O3)NC3(CCNCC3)C(=NCc3cccc(Cl)c3)N5)n2)=NC1=C. The zero-order valence-corrected chi connectivity index (χ0v) is 31.6. The van der Waals surface area contributed by atoms with Crippen LogP contribution >= 0.6 is 11.6 Å². The second kappa shape index (κ2) is 15.4. The van der Waals surface area contributed by atoms with Gasteiger partial charge in [0.05, 0.1) is 34.9 Å². The molecule has 282 valence electrons. The number of allylic oxidation sites excluding steroid dienone is 2. The quantitative estimate of drug-likeness (QED) is 0.109. The number of aryl methyl sites for hydroxylation is 1. The maximum Gasteiger partial charge on any atom is 0.164 e. The van der Waals surface area contributed by atoms with Crippen LogP contribution in [0.25, 0.3) is 0 Å². The fraction of sp³-hybridized carbons (Fsp3) is 0.415. The molecule has 3 aromatic rings. The lowest BCUT2D eigenvalue weighted by molar-refractivity contribution is 0.0908. The highest BCUT2D eigenvalue weighted by Gasteiger charge is 2.42. The number of ether oxygens (including phenoxy) is 2. The van der Waals surface area contributed by atoms with Crippen molar-refractivity contribution in [1.29, 1.82) is 0 Å². The summed E-state index contributed by atoms with van der Waals surface area (Å²) in [5.41, 5.74) is 12.6. The van der Waals surface area contributed by atoms with Crippen LogP contribution in [0.15, 0.2) is 88.4 Å². The first kappa shape index (κ1) is 36.1. The molecule has 0 saturated carbocycles. The van der Waals surface area contributed by atoms with Gasteiger partial charge in [0.15, 0.2) is 11.5 Å². The molecule has 0 radical (unpaired) electrons. The minimum absolute atomic E-state index is 0.211. The Morgan fingerprint density at radius 3 is 2.59 bits per heavy atom. The molecule has 6 heterocycles. The van der Waals surface area contributed by atoms with E-state index in [2.05, 4.69) is 70.4 Å². The molecule has 6 N–H and O–H groups in total. The van der Waals surface area contributed by atoms with Crippen LogP contribution in [0, 0.1) is 6.92 Å². The monoisotopic (exact) mass is 748 g/mol. The number of amidine groups is 2.